The first-order valence-corrected chi connectivity index (χ1v) is 7.35. The van der Waals surface area contributed by atoms with E-state index in [0.717, 1.165) is 0 Å². The molecule has 0 bridgehead atoms. The van der Waals surface area contributed by atoms with Crippen LogP contribution in [0.5, 0.6) is 0 Å². The standard InChI is InChI=1S/C19H20N2O/c1-3-13-20-18(22)14-21-19(16-7-5-4-6-8-16)17-11-9-15(2)10-12-17/h1,4-12,19,21H,13-14H2,2H3,(H,20,22)/p+1/t19-/m0/s1. The van der Waals surface area contributed by atoms with Crippen LogP contribution in [0.4, 0.5) is 0 Å². The number of rotatable bonds is 6. The van der Waals surface area contributed by atoms with Gasteiger partial charge in [-0.05, 0) is 6.92 Å². The maximum Gasteiger partial charge on any atom is 0.275 e. The van der Waals surface area contributed by atoms with Crippen molar-refractivity contribution >= 4 is 5.91 Å². The molecule has 0 aliphatic heterocycles. The number of carbonyl (C=O) groups is 1. The lowest BCUT2D eigenvalue weighted by atomic mass is 9.98. The lowest BCUT2D eigenvalue weighted by Gasteiger charge is -2.16. The fraction of sp³-hybridized carbons (Fsp3) is 0.211. The molecule has 0 fully saturated rings. The highest BCUT2D eigenvalue weighted by atomic mass is 16.1. The Balaban J connectivity index is 2.14. The van der Waals surface area contributed by atoms with Gasteiger partial charge in [0.1, 0.15) is 6.04 Å². The van der Waals surface area contributed by atoms with E-state index in [2.05, 4.69) is 54.6 Å². The van der Waals surface area contributed by atoms with Crippen molar-refractivity contribution in [2.75, 3.05) is 13.1 Å². The number of aryl methyl sites for hydroxylation is 1. The van der Waals surface area contributed by atoms with Crippen LogP contribution in [0.15, 0.2) is 54.6 Å². The Hall–Kier alpha value is -2.57. The van der Waals surface area contributed by atoms with Crippen LogP contribution < -0.4 is 10.6 Å². The monoisotopic (exact) mass is 293 g/mol. The van der Waals surface area contributed by atoms with Crippen LogP contribution in [0.3, 0.4) is 0 Å². The van der Waals surface area contributed by atoms with E-state index >= 15 is 0 Å². The highest BCUT2D eigenvalue weighted by molar-refractivity contribution is 5.76. The van der Waals surface area contributed by atoms with Crippen LogP contribution >= 0.6 is 0 Å². The summed E-state index contributed by atoms with van der Waals surface area (Å²) in [4.78, 5) is 11.8. The fourth-order valence-corrected chi connectivity index (χ4v) is 2.35. The molecule has 0 saturated heterocycles. The van der Waals surface area contributed by atoms with E-state index in [4.69, 9.17) is 6.42 Å². The highest BCUT2D eigenvalue weighted by Gasteiger charge is 2.18. The topological polar surface area (TPSA) is 45.7 Å². The molecule has 2 aromatic rings. The molecule has 3 N–H and O–H groups in total. The maximum atomic E-state index is 11.8. The zero-order chi connectivity index (χ0) is 15.8. The van der Waals surface area contributed by atoms with E-state index in [0.29, 0.717) is 6.54 Å². The van der Waals surface area contributed by atoms with Crippen molar-refractivity contribution in [1.29, 1.82) is 0 Å². The summed E-state index contributed by atoms with van der Waals surface area (Å²) in [6.07, 6.45) is 5.15. The summed E-state index contributed by atoms with van der Waals surface area (Å²) in [7, 11) is 0. The summed E-state index contributed by atoms with van der Waals surface area (Å²) in [6.45, 7) is 2.68. The van der Waals surface area contributed by atoms with Crippen molar-refractivity contribution in [3.8, 4) is 12.3 Å². The molecule has 0 aliphatic carbocycles. The molecule has 0 heterocycles. The molecule has 112 valence electrons. The van der Waals surface area contributed by atoms with Crippen LogP contribution in [-0.4, -0.2) is 19.0 Å². The van der Waals surface area contributed by atoms with Gasteiger partial charge in [0.15, 0.2) is 6.54 Å². The van der Waals surface area contributed by atoms with E-state index in [1.54, 1.807) is 0 Å². The first kappa shape index (κ1) is 15.8. The maximum absolute atomic E-state index is 11.8. The molecule has 0 aromatic heterocycles. The Morgan fingerprint density at radius 3 is 2.41 bits per heavy atom. The van der Waals surface area contributed by atoms with Crippen LogP contribution in [0.2, 0.25) is 0 Å². The Labute approximate surface area is 131 Å². The van der Waals surface area contributed by atoms with E-state index in [9.17, 15) is 4.79 Å². The summed E-state index contributed by atoms with van der Waals surface area (Å²) in [5.74, 6) is 2.36. The van der Waals surface area contributed by atoms with Crippen LogP contribution in [-0.2, 0) is 4.79 Å². The molecule has 0 spiro atoms. The largest absolute Gasteiger partial charge is 0.340 e. The lowest BCUT2D eigenvalue weighted by molar-refractivity contribution is -0.676. The fourth-order valence-electron chi connectivity index (χ4n) is 2.35. The minimum absolute atomic E-state index is 0.0500. The molecule has 0 aliphatic rings. The summed E-state index contributed by atoms with van der Waals surface area (Å²) >= 11 is 0. The van der Waals surface area contributed by atoms with Gasteiger partial charge in [-0.15, -0.1) is 6.42 Å². The Bertz CT molecular complexity index is 641. The van der Waals surface area contributed by atoms with Gasteiger partial charge in [-0.2, -0.15) is 0 Å². The van der Waals surface area contributed by atoms with Crippen molar-refractivity contribution in [3.63, 3.8) is 0 Å². The number of nitrogens with two attached hydrogens (primary N) is 1. The lowest BCUT2D eigenvalue weighted by Crippen LogP contribution is -2.87. The minimum Gasteiger partial charge on any atom is -0.340 e. The van der Waals surface area contributed by atoms with E-state index in [1.165, 1.54) is 16.7 Å². The third-order valence-corrected chi connectivity index (χ3v) is 3.52. The Kier molecular flexibility index (Phi) is 5.76. The molecule has 3 nitrogen and oxygen atoms in total. The van der Waals surface area contributed by atoms with Gasteiger partial charge in [0.2, 0.25) is 0 Å². The second-order valence-electron chi connectivity index (χ2n) is 5.22. The Morgan fingerprint density at radius 2 is 1.77 bits per heavy atom. The third-order valence-electron chi connectivity index (χ3n) is 3.52. The quantitative estimate of drug-likeness (QED) is 0.777. The van der Waals surface area contributed by atoms with Crippen molar-refractivity contribution in [3.05, 3.63) is 71.3 Å². The molecule has 1 atom stereocenters. The van der Waals surface area contributed by atoms with Gasteiger partial charge in [-0.1, -0.05) is 66.1 Å². The average Bonchev–Trinajstić information content (AvgIpc) is 2.55. The SMILES string of the molecule is C#CCNC(=O)C[NH2+][C@@H](c1ccccc1)c1ccc(C)cc1. The number of benzene rings is 2. The number of amides is 1. The third kappa shape index (κ3) is 4.47. The molecule has 22 heavy (non-hydrogen) atoms. The average molecular weight is 293 g/mol. The molecular weight excluding hydrogens is 272 g/mol. The van der Waals surface area contributed by atoms with Gasteiger partial charge in [-0.25, -0.2) is 0 Å². The van der Waals surface area contributed by atoms with Gasteiger partial charge in [0, 0.05) is 11.1 Å². The van der Waals surface area contributed by atoms with Gasteiger partial charge in [-0.3, -0.25) is 4.79 Å². The summed E-state index contributed by atoms with van der Waals surface area (Å²) in [5.41, 5.74) is 3.58. The summed E-state index contributed by atoms with van der Waals surface area (Å²) in [5, 5.41) is 4.73. The van der Waals surface area contributed by atoms with E-state index in [-0.39, 0.29) is 18.5 Å². The molecule has 0 saturated carbocycles. The van der Waals surface area contributed by atoms with E-state index < -0.39 is 0 Å². The second-order valence-corrected chi connectivity index (χ2v) is 5.22. The number of hydrogen-bond donors (Lipinski definition) is 2. The van der Waals surface area contributed by atoms with Gasteiger partial charge >= 0.3 is 0 Å². The van der Waals surface area contributed by atoms with Crippen molar-refractivity contribution < 1.29 is 10.1 Å². The molecule has 2 rings (SSSR count). The first-order valence-electron chi connectivity index (χ1n) is 7.35. The second kappa shape index (κ2) is 8.02. The number of quaternary nitrogens is 1. The van der Waals surface area contributed by atoms with Gasteiger partial charge in [0.25, 0.3) is 5.91 Å². The molecular formula is C19H21N2O+. The van der Waals surface area contributed by atoms with Crippen LogP contribution in [0.1, 0.15) is 22.7 Å². The molecule has 2 aromatic carbocycles. The normalized spacial score (nSPS) is 11.5. The molecule has 0 unspecified atom stereocenters. The van der Waals surface area contributed by atoms with E-state index in [1.807, 2.05) is 23.5 Å². The van der Waals surface area contributed by atoms with Gasteiger partial charge < -0.3 is 10.6 Å². The number of carbonyl (C=O) groups excluding carboxylic acids is 1. The molecule has 0 radical (unpaired) electrons. The van der Waals surface area contributed by atoms with Gasteiger partial charge in [0.05, 0.1) is 6.54 Å². The number of nitrogens with one attached hydrogen (secondary N) is 1. The van der Waals surface area contributed by atoms with Crippen LogP contribution in [0.25, 0.3) is 0 Å². The van der Waals surface area contributed by atoms with Crippen LogP contribution in [0, 0.1) is 19.3 Å². The zero-order valence-corrected chi connectivity index (χ0v) is 12.8. The predicted octanol–water partition coefficient (Wildman–Crippen LogP) is 1.40. The predicted molar refractivity (Wildman–Crippen MR) is 88.1 cm³/mol. The highest BCUT2D eigenvalue weighted by Crippen LogP contribution is 2.18. The Morgan fingerprint density at radius 1 is 1.14 bits per heavy atom. The molecule has 1 amide bonds. The van der Waals surface area contributed by atoms with Crippen molar-refractivity contribution in [2.24, 2.45) is 0 Å². The smallest absolute Gasteiger partial charge is 0.275 e. The number of terminal acetylenes is 1. The summed E-state index contributed by atoms with van der Waals surface area (Å²) < 4.78 is 0. The number of hydrogen-bond acceptors (Lipinski definition) is 1. The van der Waals surface area contributed by atoms with Crippen molar-refractivity contribution in [1.82, 2.24) is 5.32 Å². The first-order chi connectivity index (χ1) is 10.7. The molecule has 3 heteroatoms. The minimum atomic E-state index is -0.0500. The summed E-state index contributed by atoms with van der Waals surface area (Å²) in [6, 6.07) is 18.7. The zero-order valence-electron chi connectivity index (χ0n) is 12.8. The van der Waals surface area contributed by atoms with Crippen molar-refractivity contribution in [2.45, 2.75) is 13.0 Å².